The highest BCUT2D eigenvalue weighted by atomic mass is 16.6. The zero-order valence-electron chi connectivity index (χ0n) is 18.0. The first-order valence-electron chi connectivity index (χ1n) is 11.0. The number of rotatable bonds is 8. The molecule has 30 heavy (non-hydrogen) atoms. The molecule has 2 N–H and O–H groups in total. The molecule has 8 heteroatoms. The Balaban J connectivity index is 1.68. The average molecular weight is 423 g/mol. The summed E-state index contributed by atoms with van der Waals surface area (Å²) >= 11 is 0. The van der Waals surface area contributed by atoms with Crippen molar-refractivity contribution in [3.8, 4) is 0 Å². The van der Waals surface area contributed by atoms with Crippen molar-refractivity contribution in [3.63, 3.8) is 0 Å². The summed E-state index contributed by atoms with van der Waals surface area (Å²) in [7, 11) is 0. The van der Waals surface area contributed by atoms with Crippen LogP contribution in [0.3, 0.4) is 0 Å². The molecule has 2 aliphatic rings. The van der Waals surface area contributed by atoms with Gasteiger partial charge in [0.15, 0.2) is 12.2 Å². The minimum atomic E-state index is -0.958. The topological polar surface area (TPSA) is 111 Å². The summed E-state index contributed by atoms with van der Waals surface area (Å²) in [6, 6.07) is 0.248. The fraction of sp³-hybridized carbons (Fsp3) is 0.727. The third-order valence-corrected chi connectivity index (χ3v) is 5.58. The van der Waals surface area contributed by atoms with Gasteiger partial charge in [-0.15, -0.1) is 0 Å². The number of hydrogen-bond acceptors (Lipinski definition) is 6. The minimum Gasteiger partial charge on any atom is -0.449 e. The largest absolute Gasteiger partial charge is 0.449 e. The molecule has 0 heterocycles. The summed E-state index contributed by atoms with van der Waals surface area (Å²) in [5.41, 5.74) is 0. The van der Waals surface area contributed by atoms with Gasteiger partial charge < -0.3 is 20.1 Å². The standard InChI is InChI=1S/C22H34N2O6/c1-15(21(27)23-17-9-5-3-6-10-17)29-19(25)13-14-20(26)30-16(2)22(28)24-18-11-7-4-8-12-18/h13-18H,3-12H2,1-2H3,(H,23,27)(H,24,28)/b14-13+/t15-,16+. The van der Waals surface area contributed by atoms with E-state index in [1.54, 1.807) is 0 Å². The predicted molar refractivity (Wildman–Crippen MR) is 110 cm³/mol. The van der Waals surface area contributed by atoms with E-state index in [4.69, 9.17) is 9.47 Å². The maximum Gasteiger partial charge on any atom is 0.331 e. The van der Waals surface area contributed by atoms with Gasteiger partial charge in [-0.05, 0) is 39.5 Å². The Kier molecular flexibility index (Phi) is 9.83. The Labute approximate surface area is 178 Å². The Morgan fingerprint density at radius 1 is 0.667 bits per heavy atom. The van der Waals surface area contributed by atoms with Gasteiger partial charge in [-0.1, -0.05) is 38.5 Å². The number of ether oxygens (including phenoxy) is 2. The van der Waals surface area contributed by atoms with Crippen LogP contribution in [0.1, 0.15) is 78.1 Å². The number of amides is 2. The fourth-order valence-corrected chi connectivity index (χ4v) is 3.80. The van der Waals surface area contributed by atoms with Crippen molar-refractivity contribution in [1.82, 2.24) is 10.6 Å². The summed E-state index contributed by atoms with van der Waals surface area (Å²) in [6.07, 6.45) is 10.3. The quantitative estimate of drug-likeness (QED) is 0.459. The van der Waals surface area contributed by atoms with Crippen LogP contribution in [-0.4, -0.2) is 48.0 Å². The smallest absolute Gasteiger partial charge is 0.331 e. The molecule has 0 saturated heterocycles. The fourth-order valence-electron chi connectivity index (χ4n) is 3.80. The molecule has 2 atom stereocenters. The Hall–Kier alpha value is -2.38. The van der Waals surface area contributed by atoms with Crippen LogP contribution in [0, 0.1) is 0 Å². The van der Waals surface area contributed by atoms with Crippen molar-refractivity contribution in [2.24, 2.45) is 0 Å². The van der Waals surface area contributed by atoms with Gasteiger partial charge in [-0.3, -0.25) is 9.59 Å². The van der Waals surface area contributed by atoms with Crippen LogP contribution >= 0.6 is 0 Å². The maximum absolute atomic E-state index is 12.1. The van der Waals surface area contributed by atoms with E-state index < -0.39 is 24.1 Å². The molecule has 2 fully saturated rings. The molecule has 0 aromatic rings. The average Bonchev–Trinajstić information content (AvgIpc) is 2.73. The van der Waals surface area contributed by atoms with E-state index in [-0.39, 0.29) is 23.9 Å². The first kappa shape index (κ1) is 23.9. The van der Waals surface area contributed by atoms with Crippen molar-refractivity contribution in [2.75, 3.05) is 0 Å². The van der Waals surface area contributed by atoms with E-state index in [9.17, 15) is 19.2 Å². The van der Waals surface area contributed by atoms with E-state index in [2.05, 4.69) is 10.6 Å². The first-order valence-corrected chi connectivity index (χ1v) is 11.0. The molecule has 2 amide bonds. The molecule has 0 radical (unpaired) electrons. The molecular weight excluding hydrogens is 388 g/mol. The zero-order valence-corrected chi connectivity index (χ0v) is 18.0. The summed E-state index contributed by atoms with van der Waals surface area (Å²) in [4.78, 5) is 48.0. The predicted octanol–water partition coefficient (Wildman–Crippen LogP) is 2.30. The zero-order chi connectivity index (χ0) is 21.9. The molecule has 2 rings (SSSR count). The number of esters is 2. The lowest BCUT2D eigenvalue weighted by Crippen LogP contribution is -2.42. The van der Waals surface area contributed by atoms with Crippen molar-refractivity contribution < 1.29 is 28.7 Å². The van der Waals surface area contributed by atoms with Gasteiger partial charge in [-0.2, -0.15) is 0 Å². The molecule has 2 saturated carbocycles. The lowest BCUT2D eigenvalue weighted by Gasteiger charge is -2.24. The minimum absolute atomic E-state index is 0.124. The van der Waals surface area contributed by atoms with Crippen LogP contribution in [0.25, 0.3) is 0 Å². The third-order valence-electron chi connectivity index (χ3n) is 5.58. The molecular formula is C22H34N2O6. The van der Waals surface area contributed by atoms with E-state index in [0.29, 0.717) is 0 Å². The summed E-state index contributed by atoms with van der Waals surface area (Å²) in [5.74, 6) is -2.34. The van der Waals surface area contributed by atoms with Crippen molar-refractivity contribution in [3.05, 3.63) is 12.2 Å². The van der Waals surface area contributed by atoms with Crippen molar-refractivity contribution >= 4 is 23.8 Å². The lowest BCUT2D eigenvalue weighted by atomic mass is 9.95. The van der Waals surface area contributed by atoms with E-state index in [0.717, 1.165) is 63.5 Å². The second-order valence-electron chi connectivity index (χ2n) is 8.18. The number of nitrogens with one attached hydrogen (secondary N) is 2. The Morgan fingerprint density at radius 3 is 1.33 bits per heavy atom. The number of hydrogen-bond donors (Lipinski definition) is 2. The maximum atomic E-state index is 12.1. The summed E-state index contributed by atoms with van der Waals surface area (Å²) in [6.45, 7) is 2.97. The van der Waals surface area contributed by atoms with Gasteiger partial charge >= 0.3 is 11.9 Å². The number of carbonyl (C=O) groups excluding carboxylic acids is 4. The molecule has 0 bridgehead atoms. The second kappa shape index (κ2) is 12.3. The normalized spacial score (nSPS) is 20.2. The van der Waals surface area contributed by atoms with Crippen LogP contribution in [0.5, 0.6) is 0 Å². The molecule has 0 unspecified atom stereocenters. The molecule has 168 valence electrons. The van der Waals surface area contributed by atoms with Crippen LogP contribution in [0.15, 0.2) is 12.2 Å². The SMILES string of the molecule is C[C@H](OC(=O)/C=C/C(=O)O[C@H](C)C(=O)NC1CCCCC1)C(=O)NC1CCCCC1. The molecule has 0 aliphatic heterocycles. The highest BCUT2D eigenvalue weighted by Crippen LogP contribution is 2.18. The Morgan fingerprint density at radius 2 is 1.00 bits per heavy atom. The van der Waals surface area contributed by atoms with Gasteiger partial charge in [0.05, 0.1) is 0 Å². The van der Waals surface area contributed by atoms with Gasteiger partial charge in [-0.25, -0.2) is 9.59 Å². The molecule has 0 aromatic heterocycles. The van der Waals surface area contributed by atoms with E-state index in [1.165, 1.54) is 26.7 Å². The highest BCUT2D eigenvalue weighted by Gasteiger charge is 2.23. The first-order chi connectivity index (χ1) is 14.3. The monoisotopic (exact) mass is 422 g/mol. The molecule has 2 aliphatic carbocycles. The van der Waals surface area contributed by atoms with Crippen LogP contribution in [0.4, 0.5) is 0 Å². The molecule has 0 spiro atoms. The molecule has 8 nitrogen and oxygen atoms in total. The Bertz CT molecular complexity index is 582. The van der Waals surface area contributed by atoms with Gasteiger partial charge in [0, 0.05) is 24.2 Å². The van der Waals surface area contributed by atoms with Crippen LogP contribution in [-0.2, 0) is 28.7 Å². The summed E-state index contributed by atoms with van der Waals surface area (Å²) in [5, 5.41) is 5.77. The summed E-state index contributed by atoms with van der Waals surface area (Å²) < 4.78 is 10.1. The van der Waals surface area contributed by atoms with E-state index >= 15 is 0 Å². The number of carbonyl (C=O) groups is 4. The van der Waals surface area contributed by atoms with E-state index in [1.807, 2.05) is 0 Å². The lowest BCUT2D eigenvalue weighted by molar-refractivity contribution is -0.152. The van der Waals surface area contributed by atoms with Gasteiger partial charge in [0.2, 0.25) is 0 Å². The highest BCUT2D eigenvalue weighted by molar-refractivity contribution is 5.94. The van der Waals surface area contributed by atoms with Gasteiger partial charge in [0.1, 0.15) is 0 Å². The van der Waals surface area contributed by atoms with Crippen LogP contribution in [0.2, 0.25) is 0 Å². The van der Waals surface area contributed by atoms with Crippen LogP contribution < -0.4 is 10.6 Å². The molecule has 0 aromatic carbocycles. The van der Waals surface area contributed by atoms with Crippen molar-refractivity contribution in [1.29, 1.82) is 0 Å². The second-order valence-corrected chi connectivity index (χ2v) is 8.18. The van der Waals surface area contributed by atoms with Gasteiger partial charge in [0.25, 0.3) is 11.8 Å². The third kappa shape index (κ3) is 8.55. The van der Waals surface area contributed by atoms with Crippen molar-refractivity contribution in [2.45, 2.75) is 102 Å².